The second-order valence-corrected chi connectivity index (χ2v) is 8.25. The van der Waals surface area contributed by atoms with E-state index in [-0.39, 0.29) is 11.8 Å². The third-order valence-corrected chi connectivity index (χ3v) is 6.31. The molecule has 3 heterocycles. The number of benzene rings is 2. The van der Waals surface area contributed by atoms with Crippen LogP contribution < -0.4 is 10.1 Å². The molecule has 5 nitrogen and oxygen atoms in total. The highest BCUT2D eigenvalue weighted by molar-refractivity contribution is 6.07. The second-order valence-electron chi connectivity index (χ2n) is 8.25. The maximum atomic E-state index is 13.4. The molecule has 5 heteroatoms. The topological polar surface area (TPSA) is 54.5 Å². The quantitative estimate of drug-likeness (QED) is 0.726. The number of amides is 1. The van der Waals surface area contributed by atoms with Crippen molar-refractivity contribution in [3.63, 3.8) is 0 Å². The lowest BCUT2D eigenvalue weighted by molar-refractivity contribution is 0.0938. The Hall–Kier alpha value is -2.92. The Kier molecular flexibility index (Phi) is 5.13. The van der Waals surface area contributed by atoms with Crippen molar-refractivity contribution in [1.82, 2.24) is 15.2 Å². The largest absolute Gasteiger partial charge is 0.493 e. The van der Waals surface area contributed by atoms with E-state index in [1.807, 2.05) is 42.5 Å². The van der Waals surface area contributed by atoms with Gasteiger partial charge in [0.2, 0.25) is 0 Å². The van der Waals surface area contributed by atoms with Crippen LogP contribution in [0.25, 0.3) is 10.9 Å². The van der Waals surface area contributed by atoms with E-state index in [0.717, 1.165) is 65.9 Å². The van der Waals surface area contributed by atoms with Crippen LogP contribution in [0.3, 0.4) is 0 Å². The zero-order chi connectivity index (χ0) is 20.5. The van der Waals surface area contributed by atoms with Crippen molar-refractivity contribution >= 4 is 16.8 Å². The van der Waals surface area contributed by atoms with Gasteiger partial charge in [0, 0.05) is 48.6 Å². The van der Waals surface area contributed by atoms with Crippen LogP contribution in [-0.4, -0.2) is 42.0 Å². The van der Waals surface area contributed by atoms with Gasteiger partial charge in [0.05, 0.1) is 17.7 Å². The fourth-order valence-corrected chi connectivity index (χ4v) is 4.62. The summed E-state index contributed by atoms with van der Waals surface area (Å²) >= 11 is 0. The molecule has 2 aliphatic heterocycles. The van der Waals surface area contributed by atoms with Gasteiger partial charge in [-0.3, -0.25) is 14.7 Å². The third kappa shape index (κ3) is 3.54. The van der Waals surface area contributed by atoms with Crippen molar-refractivity contribution < 1.29 is 9.53 Å². The van der Waals surface area contributed by atoms with Crippen LogP contribution in [0.5, 0.6) is 5.75 Å². The van der Waals surface area contributed by atoms with E-state index < -0.39 is 0 Å². The molecule has 1 atom stereocenters. The van der Waals surface area contributed by atoms with E-state index in [1.165, 1.54) is 5.56 Å². The van der Waals surface area contributed by atoms with Crippen molar-refractivity contribution in [3.8, 4) is 5.75 Å². The summed E-state index contributed by atoms with van der Waals surface area (Å²) in [7, 11) is 0. The number of aromatic nitrogens is 1. The number of nitrogens with one attached hydrogen (secondary N) is 1. The molecule has 1 unspecified atom stereocenters. The van der Waals surface area contributed by atoms with E-state index in [1.54, 1.807) is 0 Å². The van der Waals surface area contributed by atoms with Crippen molar-refractivity contribution in [1.29, 1.82) is 0 Å². The van der Waals surface area contributed by atoms with E-state index >= 15 is 0 Å². The summed E-state index contributed by atoms with van der Waals surface area (Å²) in [5, 5.41) is 4.15. The minimum atomic E-state index is 0.00154. The Bertz CT molecular complexity index is 1090. The second kappa shape index (κ2) is 8.07. The molecular formula is C25H27N3O2. The summed E-state index contributed by atoms with van der Waals surface area (Å²) in [4.78, 5) is 20.7. The van der Waals surface area contributed by atoms with Crippen LogP contribution in [0, 0.1) is 5.92 Å². The molecule has 0 saturated heterocycles. The molecule has 3 aromatic rings. The number of ether oxygens (including phenoxy) is 1. The lowest BCUT2D eigenvalue weighted by Gasteiger charge is -2.29. The highest BCUT2D eigenvalue weighted by Gasteiger charge is 2.26. The zero-order valence-corrected chi connectivity index (χ0v) is 17.4. The first-order valence-electron chi connectivity index (χ1n) is 10.8. The van der Waals surface area contributed by atoms with Crippen LogP contribution in [0.2, 0.25) is 0 Å². The summed E-state index contributed by atoms with van der Waals surface area (Å²) < 4.78 is 5.90. The van der Waals surface area contributed by atoms with Gasteiger partial charge in [-0.15, -0.1) is 0 Å². The van der Waals surface area contributed by atoms with Crippen molar-refractivity contribution in [2.75, 3.05) is 26.2 Å². The molecule has 1 N–H and O–H groups in total. The Morgan fingerprint density at radius 2 is 2.03 bits per heavy atom. The molecule has 2 aromatic carbocycles. The molecule has 2 aliphatic rings. The number of pyridine rings is 1. The number of likely N-dealkylation sites (N-methyl/N-ethyl adjacent to an activating group) is 1. The number of carbonyl (C=O) groups is 1. The number of carbonyl (C=O) groups excluding carboxylic acids is 1. The molecule has 30 heavy (non-hydrogen) atoms. The van der Waals surface area contributed by atoms with Gasteiger partial charge >= 0.3 is 0 Å². The Morgan fingerprint density at radius 1 is 1.20 bits per heavy atom. The van der Waals surface area contributed by atoms with Crippen LogP contribution in [0.15, 0.2) is 48.5 Å². The summed E-state index contributed by atoms with van der Waals surface area (Å²) in [6.45, 7) is 6.17. The SMILES string of the molecule is CCN1CCc2nc3ccccc3c(C(=O)NCC3COc4ccccc4C3)c2C1. The molecule has 5 rings (SSSR count). The number of para-hydroxylation sites is 2. The lowest BCUT2D eigenvalue weighted by Crippen LogP contribution is -2.37. The first-order valence-corrected chi connectivity index (χ1v) is 10.8. The minimum absolute atomic E-state index is 0.00154. The zero-order valence-electron chi connectivity index (χ0n) is 17.4. The average Bonchev–Trinajstić information content (AvgIpc) is 2.80. The summed E-state index contributed by atoms with van der Waals surface area (Å²) in [6, 6.07) is 16.2. The lowest BCUT2D eigenvalue weighted by atomic mass is 9.94. The van der Waals surface area contributed by atoms with E-state index in [9.17, 15) is 4.79 Å². The highest BCUT2D eigenvalue weighted by Crippen LogP contribution is 2.29. The molecule has 1 aromatic heterocycles. The van der Waals surface area contributed by atoms with Crippen molar-refractivity contribution in [2.24, 2.45) is 5.92 Å². The predicted molar refractivity (Wildman–Crippen MR) is 118 cm³/mol. The van der Waals surface area contributed by atoms with Crippen molar-refractivity contribution in [3.05, 3.63) is 70.9 Å². The highest BCUT2D eigenvalue weighted by atomic mass is 16.5. The molecule has 0 bridgehead atoms. The van der Waals surface area contributed by atoms with Gasteiger partial charge < -0.3 is 10.1 Å². The van der Waals surface area contributed by atoms with Gasteiger partial charge in [0.25, 0.3) is 5.91 Å². The fraction of sp³-hybridized carbons (Fsp3) is 0.360. The molecular weight excluding hydrogens is 374 g/mol. The molecule has 1 amide bonds. The predicted octanol–water partition coefficient (Wildman–Crippen LogP) is 3.59. The number of hydrogen-bond donors (Lipinski definition) is 1. The van der Waals surface area contributed by atoms with Crippen LogP contribution in [0.1, 0.15) is 34.1 Å². The van der Waals surface area contributed by atoms with E-state index in [0.29, 0.717) is 13.2 Å². The first kappa shape index (κ1) is 19.1. The average molecular weight is 402 g/mol. The normalized spacial score (nSPS) is 18.4. The maximum Gasteiger partial charge on any atom is 0.252 e. The summed E-state index contributed by atoms with van der Waals surface area (Å²) in [5.41, 5.74) is 5.07. The van der Waals surface area contributed by atoms with Gasteiger partial charge in [0.1, 0.15) is 5.75 Å². The van der Waals surface area contributed by atoms with Gasteiger partial charge in [-0.1, -0.05) is 43.3 Å². The van der Waals surface area contributed by atoms with Crippen LogP contribution in [-0.2, 0) is 19.4 Å². The Labute approximate surface area is 177 Å². The third-order valence-electron chi connectivity index (χ3n) is 6.31. The van der Waals surface area contributed by atoms with Crippen LogP contribution in [0.4, 0.5) is 0 Å². The molecule has 0 aliphatic carbocycles. The molecule has 0 spiro atoms. The standard InChI is InChI=1S/C25H27N3O2/c1-2-28-12-11-22-20(15-28)24(19-8-4-5-9-21(19)27-22)25(29)26-14-17-13-18-7-3-6-10-23(18)30-16-17/h3-10,17H,2,11-16H2,1H3,(H,26,29). The summed E-state index contributed by atoms with van der Waals surface area (Å²) in [5.74, 6) is 1.25. The smallest absolute Gasteiger partial charge is 0.252 e. The molecule has 0 fully saturated rings. The van der Waals surface area contributed by atoms with Gasteiger partial charge in [0.15, 0.2) is 0 Å². The molecule has 154 valence electrons. The van der Waals surface area contributed by atoms with E-state index in [4.69, 9.17) is 9.72 Å². The molecule has 0 saturated carbocycles. The minimum Gasteiger partial charge on any atom is -0.493 e. The number of hydrogen-bond acceptors (Lipinski definition) is 4. The molecule has 0 radical (unpaired) electrons. The van der Waals surface area contributed by atoms with Gasteiger partial charge in [-0.2, -0.15) is 0 Å². The van der Waals surface area contributed by atoms with Crippen molar-refractivity contribution in [2.45, 2.75) is 26.3 Å². The van der Waals surface area contributed by atoms with Crippen LogP contribution >= 0.6 is 0 Å². The summed E-state index contributed by atoms with van der Waals surface area (Å²) in [6.07, 6.45) is 1.82. The van der Waals surface area contributed by atoms with Gasteiger partial charge in [-0.25, -0.2) is 0 Å². The Morgan fingerprint density at radius 3 is 2.93 bits per heavy atom. The number of nitrogens with zero attached hydrogens (tertiary/aromatic N) is 2. The fourth-order valence-electron chi connectivity index (χ4n) is 4.62. The Balaban J connectivity index is 1.41. The van der Waals surface area contributed by atoms with Gasteiger partial charge in [-0.05, 0) is 30.7 Å². The first-order chi connectivity index (χ1) is 14.7. The van der Waals surface area contributed by atoms with E-state index in [2.05, 4.69) is 23.2 Å². The number of fused-ring (bicyclic) bond motifs is 3. The maximum absolute atomic E-state index is 13.4. The monoisotopic (exact) mass is 401 g/mol. The number of rotatable bonds is 4.